The molecule has 0 spiro atoms. The summed E-state index contributed by atoms with van der Waals surface area (Å²) in [6.07, 6.45) is 4.95. The van der Waals surface area contributed by atoms with Crippen molar-refractivity contribution in [2.75, 3.05) is 7.05 Å². The number of alkyl halides is 1. The van der Waals surface area contributed by atoms with Gasteiger partial charge >= 0.3 is 0 Å². The van der Waals surface area contributed by atoms with Gasteiger partial charge in [0.2, 0.25) is 10.0 Å². The number of halogens is 2. The Balaban J connectivity index is 2.36. The molecule has 0 heterocycles. The average molecular weight is 320 g/mol. The van der Waals surface area contributed by atoms with Gasteiger partial charge in [0.25, 0.3) is 0 Å². The third-order valence-electron chi connectivity index (χ3n) is 3.92. The van der Waals surface area contributed by atoms with Gasteiger partial charge in [-0.25, -0.2) is 12.8 Å². The molecule has 0 amide bonds. The SMILES string of the molecule is CN(C1CCCCC1)S(=O)(=O)c1cc(F)ccc1CCl. The molecule has 0 unspecified atom stereocenters. The molecule has 20 heavy (non-hydrogen) atoms. The van der Waals surface area contributed by atoms with E-state index in [0.29, 0.717) is 5.56 Å². The van der Waals surface area contributed by atoms with Crippen LogP contribution in [0, 0.1) is 5.82 Å². The first kappa shape index (κ1) is 15.7. The van der Waals surface area contributed by atoms with Gasteiger partial charge in [-0.15, -0.1) is 11.6 Å². The van der Waals surface area contributed by atoms with Crippen molar-refractivity contribution in [3.63, 3.8) is 0 Å². The Bertz CT molecular complexity index is 571. The smallest absolute Gasteiger partial charge is 0.207 e. The maximum Gasteiger partial charge on any atom is 0.243 e. The molecule has 112 valence electrons. The van der Waals surface area contributed by atoms with Gasteiger partial charge in [0, 0.05) is 19.0 Å². The molecule has 1 saturated carbocycles. The molecule has 0 N–H and O–H groups in total. The molecular formula is C14H19ClFNO2S. The van der Waals surface area contributed by atoms with Crippen molar-refractivity contribution < 1.29 is 12.8 Å². The van der Waals surface area contributed by atoms with Gasteiger partial charge in [0.1, 0.15) is 5.82 Å². The van der Waals surface area contributed by atoms with Crippen LogP contribution in [-0.4, -0.2) is 25.8 Å². The van der Waals surface area contributed by atoms with Gasteiger partial charge in [-0.05, 0) is 30.5 Å². The lowest BCUT2D eigenvalue weighted by Gasteiger charge is -2.30. The quantitative estimate of drug-likeness (QED) is 0.796. The first-order valence-electron chi connectivity index (χ1n) is 6.79. The summed E-state index contributed by atoms with van der Waals surface area (Å²) in [7, 11) is -2.12. The molecule has 0 atom stereocenters. The zero-order valence-electron chi connectivity index (χ0n) is 11.5. The van der Waals surface area contributed by atoms with E-state index in [2.05, 4.69) is 0 Å². The summed E-state index contributed by atoms with van der Waals surface area (Å²) >= 11 is 5.78. The zero-order chi connectivity index (χ0) is 14.8. The predicted octanol–water partition coefficient (Wildman–Crippen LogP) is 3.52. The molecule has 3 nitrogen and oxygen atoms in total. The molecule has 1 aromatic carbocycles. The Morgan fingerprint density at radius 3 is 2.55 bits per heavy atom. The fourth-order valence-electron chi connectivity index (χ4n) is 2.67. The van der Waals surface area contributed by atoms with E-state index in [0.717, 1.165) is 38.2 Å². The highest BCUT2D eigenvalue weighted by Crippen LogP contribution is 2.28. The lowest BCUT2D eigenvalue weighted by Crippen LogP contribution is -2.38. The molecule has 0 aliphatic heterocycles. The van der Waals surface area contributed by atoms with Crippen LogP contribution in [0.4, 0.5) is 4.39 Å². The Morgan fingerprint density at radius 2 is 1.95 bits per heavy atom. The molecule has 2 rings (SSSR count). The van der Waals surface area contributed by atoms with Crippen molar-refractivity contribution in [2.24, 2.45) is 0 Å². The molecule has 0 bridgehead atoms. The largest absolute Gasteiger partial charge is 0.243 e. The minimum atomic E-state index is -3.69. The Labute approximate surface area is 124 Å². The third kappa shape index (κ3) is 3.15. The number of hydrogen-bond donors (Lipinski definition) is 0. The normalized spacial score (nSPS) is 17.6. The van der Waals surface area contributed by atoms with Gasteiger partial charge in [0.05, 0.1) is 4.90 Å². The molecule has 6 heteroatoms. The van der Waals surface area contributed by atoms with Crippen molar-refractivity contribution in [1.82, 2.24) is 4.31 Å². The number of hydrogen-bond acceptors (Lipinski definition) is 2. The average Bonchev–Trinajstić information content (AvgIpc) is 2.47. The second kappa shape index (κ2) is 6.41. The monoisotopic (exact) mass is 319 g/mol. The van der Waals surface area contributed by atoms with Crippen molar-refractivity contribution in [2.45, 2.75) is 48.9 Å². The molecule has 0 aromatic heterocycles. The van der Waals surface area contributed by atoms with Crippen LogP contribution >= 0.6 is 11.6 Å². The molecule has 1 aliphatic rings. The molecule has 1 fully saturated rings. The van der Waals surface area contributed by atoms with Gasteiger partial charge in [-0.1, -0.05) is 25.3 Å². The van der Waals surface area contributed by atoms with Gasteiger partial charge in [-0.2, -0.15) is 4.31 Å². The molecule has 0 radical (unpaired) electrons. The topological polar surface area (TPSA) is 37.4 Å². The maximum absolute atomic E-state index is 13.4. The number of rotatable bonds is 4. The zero-order valence-corrected chi connectivity index (χ0v) is 13.1. The summed E-state index contributed by atoms with van der Waals surface area (Å²) in [5.74, 6) is -0.512. The minimum Gasteiger partial charge on any atom is -0.207 e. The van der Waals surface area contributed by atoms with E-state index >= 15 is 0 Å². The van der Waals surface area contributed by atoms with E-state index in [1.807, 2.05) is 0 Å². The summed E-state index contributed by atoms with van der Waals surface area (Å²) in [4.78, 5) is -0.0134. The summed E-state index contributed by atoms with van der Waals surface area (Å²) in [6, 6.07) is 3.73. The number of nitrogens with zero attached hydrogens (tertiary/aromatic N) is 1. The molecular weight excluding hydrogens is 301 g/mol. The summed E-state index contributed by atoms with van der Waals surface area (Å²) in [6.45, 7) is 0. The van der Waals surface area contributed by atoms with E-state index < -0.39 is 15.8 Å². The van der Waals surface area contributed by atoms with Crippen LogP contribution in [0.1, 0.15) is 37.7 Å². The minimum absolute atomic E-state index is 0.000179. The van der Waals surface area contributed by atoms with Crippen molar-refractivity contribution in [3.05, 3.63) is 29.6 Å². The fourth-order valence-corrected chi connectivity index (χ4v) is 4.63. The van der Waals surface area contributed by atoms with Crippen LogP contribution in [0.15, 0.2) is 23.1 Å². The van der Waals surface area contributed by atoms with Gasteiger partial charge in [-0.3, -0.25) is 0 Å². The van der Waals surface area contributed by atoms with Crippen LogP contribution in [0.2, 0.25) is 0 Å². The lowest BCUT2D eigenvalue weighted by molar-refractivity contribution is 0.285. The van der Waals surface area contributed by atoms with E-state index in [9.17, 15) is 12.8 Å². The van der Waals surface area contributed by atoms with E-state index in [1.54, 1.807) is 7.05 Å². The second-order valence-corrected chi connectivity index (χ2v) is 7.43. The maximum atomic E-state index is 13.4. The van der Waals surface area contributed by atoms with Gasteiger partial charge < -0.3 is 0 Å². The Kier molecular flexibility index (Phi) is 5.04. The Hall–Kier alpha value is -0.650. The standard InChI is InChI=1S/C14H19ClFNO2S/c1-17(13-5-3-2-4-6-13)20(18,19)14-9-12(16)8-7-11(14)10-15/h7-9,13H,2-6,10H2,1H3. The van der Waals surface area contributed by atoms with Crippen molar-refractivity contribution >= 4 is 21.6 Å². The van der Waals surface area contributed by atoms with Crippen molar-refractivity contribution in [3.8, 4) is 0 Å². The van der Waals surface area contributed by atoms with Crippen LogP contribution in [0.3, 0.4) is 0 Å². The van der Waals surface area contributed by atoms with E-state index in [-0.39, 0.29) is 16.8 Å². The Morgan fingerprint density at radius 1 is 1.30 bits per heavy atom. The summed E-state index contributed by atoms with van der Waals surface area (Å²) < 4.78 is 40.1. The fraction of sp³-hybridized carbons (Fsp3) is 0.571. The van der Waals surface area contributed by atoms with Crippen LogP contribution in [0.25, 0.3) is 0 Å². The highest BCUT2D eigenvalue weighted by atomic mass is 35.5. The van der Waals surface area contributed by atoms with Gasteiger partial charge in [0.15, 0.2) is 0 Å². The molecule has 0 saturated heterocycles. The third-order valence-corrected chi connectivity index (χ3v) is 6.20. The highest BCUT2D eigenvalue weighted by molar-refractivity contribution is 7.89. The highest BCUT2D eigenvalue weighted by Gasteiger charge is 2.30. The van der Waals surface area contributed by atoms with Crippen LogP contribution in [0.5, 0.6) is 0 Å². The summed E-state index contributed by atoms with van der Waals surface area (Å²) in [5, 5.41) is 0. The molecule has 1 aromatic rings. The first-order valence-corrected chi connectivity index (χ1v) is 8.76. The number of benzene rings is 1. The number of sulfonamides is 1. The van der Waals surface area contributed by atoms with Crippen LogP contribution in [-0.2, 0) is 15.9 Å². The van der Waals surface area contributed by atoms with Crippen LogP contribution < -0.4 is 0 Å². The van der Waals surface area contributed by atoms with E-state index in [4.69, 9.17) is 11.6 Å². The second-order valence-electron chi connectivity index (χ2n) is 5.20. The predicted molar refractivity (Wildman–Crippen MR) is 77.8 cm³/mol. The van der Waals surface area contributed by atoms with Crippen molar-refractivity contribution in [1.29, 1.82) is 0 Å². The molecule has 1 aliphatic carbocycles. The summed E-state index contributed by atoms with van der Waals surface area (Å²) in [5.41, 5.74) is 0.440. The lowest BCUT2D eigenvalue weighted by atomic mass is 9.96. The van der Waals surface area contributed by atoms with E-state index in [1.165, 1.54) is 16.4 Å². The first-order chi connectivity index (χ1) is 9.46.